The highest BCUT2D eigenvalue weighted by atomic mass is 16.4. The Labute approximate surface area is 125 Å². The molecule has 5 nitrogen and oxygen atoms in total. The number of rotatable bonds is 7. The molecule has 1 aromatic rings. The maximum absolute atomic E-state index is 11.0. The molecule has 0 aliphatic carbocycles. The number of benzene rings is 1. The van der Waals surface area contributed by atoms with E-state index in [4.69, 9.17) is 10.2 Å². The number of carboxylic acid groups (broad SMARTS) is 1. The van der Waals surface area contributed by atoms with Crippen LogP contribution in [-0.4, -0.2) is 40.5 Å². The van der Waals surface area contributed by atoms with Crippen molar-refractivity contribution in [2.45, 2.75) is 46.3 Å². The van der Waals surface area contributed by atoms with Gasteiger partial charge in [0.15, 0.2) is 0 Å². The lowest BCUT2D eigenvalue weighted by atomic mass is 9.87. The molecule has 1 aromatic carbocycles. The van der Waals surface area contributed by atoms with E-state index in [1.54, 1.807) is 0 Å². The van der Waals surface area contributed by atoms with Gasteiger partial charge in [0.2, 0.25) is 0 Å². The molecule has 118 valence electrons. The van der Waals surface area contributed by atoms with Crippen molar-refractivity contribution in [1.29, 1.82) is 0 Å². The number of hydrogen-bond donors (Lipinski definition) is 4. The molecule has 0 fully saturated rings. The summed E-state index contributed by atoms with van der Waals surface area (Å²) in [5.41, 5.74) is 4.88. The normalized spacial score (nSPS) is 14.0. The molecule has 2 atom stereocenters. The molecule has 0 saturated carbocycles. The molecule has 21 heavy (non-hydrogen) atoms. The second-order valence-electron chi connectivity index (χ2n) is 5.50. The van der Waals surface area contributed by atoms with Crippen molar-refractivity contribution in [3.63, 3.8) is 0 Å². The van der Waals surface area contributed by atoms with Crippen molar-refractivity contribution >= 4 is 5.97 Å². The molecular weight excluding hydrogens is 270 g/mol. The van der Waals surface area contributed by atoms with E-state index >= 15 is 0 Å². The molecule has 0 amide bonds. The van der Waals surface area contributed by atoms with Gasteiger partial charge in [0, 0.05) is 12.6 Å². The van der Waals surface area contributed by atoms with Gasteiger partial charge < -0.3 is 20.6 Å². The zero-order chi connectivity index (χ0) is 16.2. The Morgan fingerprint density at radius 1 is 1.19 bits per heavy atom. The second-order valence-corrected chi connectivity index (χ2v) is 5.50. The number of aryl methyl sites for hydroxylation is 2. The minimum atomic E-state index is -0.982. The average Bonchev–Trinajstić information content (AvgIpc) is 2.41. The first kappa shape index (κ1) is 17.6. The highest BCUT2D eigenvalue weighted by molar-refractivity contribution is 5.67. The van der Waals surface area contributed by atoms with Crippen molar-refractivity contribution < 1.29 is 20.1 Å². The molecule has 0 heterocycles. The van der Waals surface area contributed by atoms with Crippen molar-refractivity contribution in [1.82, 2.24) is 5.32 Å². The summed E-state index contributed by atoms with van der Waals surface area (Å²) in [5, 5.41) is 31.5. The van der Waals surface area contributed by atoms with Crippen molar-refractivity contribution in [2.75, 3.05) is 13.2 Å². The van der Waals surface area contributed by atoms with Crippen LogP contribution < -0.4 is 5.32 Å². The number of aliphatic hydroxyl groups excluding tert-OH is 2. The minimum absolute atomic E-state index is 0.104. The lowest BCUT2D eigenvalue weighted by Gasteiger charge is -2.27. The lowest BCUT2D eigenvalue weighted by Crippen LogP contribution is -2.39. The van der Waals surface area contributed by atoms with Crippen LogP contribution in [0.5, 0.6) is 0 Å². The van der Waals surface area contributed by atoms with Crippen molar-refractivity contribution in [3.8, 4) is 0 Å². The van der Waals surface area contributed by atoms with E-state index in [9.17, 15) is 9.90 Å². The van der Waals surface area contributed by atoms with Crippen LogP contribution in [0.3, 0.4) is 0 Å². The number of nitrogens with one attached hydrogen (secondary N) is 1. The fraction of sp³-hybridized carbons (Fsp3) is 0.562. The first-order valence-electron chi connectivity index (χ1n) is 7.11. The van der Waals surface area contributed by atoms with E-state index in [1.165, 1.54) is 0 Å². The van der Waals surface area contributed by atoms with E-state index in [-0.39, 0.29) is 19.6 Å². The molecule has 5 heteroatoms. The molecule has 0 radical (unpaired) electrons. The third-order valence-corrected chi connectivity index (χ3v) is 4.01. The molecule has 0 aliphatic rings. The quantitative estimate of drug-likeness (QED) is 0.610. The van der Waals surface area contributed by atoms with Gasteiger partial charge in [-0.2, -0.15) is 0 Å². The molecule has 4 N–H and O–H groups in total. The van der Waals surface area contributed by atoms with Crippen LogP contribution >= 0.6 is 0 Å². The molecule has 0 saturated heterocycles. The summed E-state index contributed by atoms with van der Waals surface area (Å²) in [4.78, 5) is 11.0. The van der Waals surface area contributed by atoms with Crippen LogP contribution in [0.2, 0.25) is 0 Å². The molecular formula is C16H25NO4. The summed E-state index contributed by atoms with van der Waals surface area (Å²) in [6.45, 7) is 7.97. The number of hydrogen-bond acceptors (Lipinski definition) is 4. The summed E-state index contributed by atoms with van der Waals surface area (Å²) in [6, 6.07) is 1.43. The highest BCUT2D eigenvalue weighted by Crippen LogP contribution is 2.30. The Kier molecular flexibility index (Phi) is 6.33. The van der Waals surface area contributed by atoms with Gasteiger partial charge in [-0.3, -0.25) is 4.79 Å². The average molecular weight is 295 g/mol. The first-order valence-corrected chi connectivity index (χ1v) is 7.11. The van der Waals surface area contributed by atoms with E-state index in [0.717, 1.165) is 27.8 Å². The molecule has 2 unspecified atom stereocenters. The van der Waals surface area contributed by atoms with Gasteiger partial charge in [-0.15, -0.1) is 0 Å². The van der Waals surface area contributed by atoms with Crippen LogP contribution in [0.15, 0.2) is 6.07 Å². The SMILES string of the molecule is Cc1cc(C)c(C)c(C(O)C(CC(=O)O)NCCO)c1C. The summed E-state index contributed by atoms with van der Waals surface area (Å²) >= 11 is 0. The fourth-order valence-corrected chi connectivity index (χ4v) is 2.63. The Bertz CT molecular complexity index is 487. The lowest BCUT2D eigenvalue weighted by molar-refractivity contribution is -0.138. The van der Waals surface area contributed by atoms with Crippen LogP contribution in [0.1, 0.15) is 40.3 Å². The number of carbonyl (C=O) groups is 1. The fourth-order valence-electron chi connectivity index (χ4n) is 2.63. The zero-order valence-corrected chi connectivity index (χ0v) is 13.1. The standard InChI is InChI=1S/C16H25NO4/c1-9-7-10(2)12(4)15(11(9)3)16(21)13(8-14(19)20)17-5-6-18/h7,13,16-18,21H,5-6,8H2,1-4H3,(H,19,20). The topological polar surface area (TPSA) is 89.8 Å². The summed E-state index contributed by atoms with van der Waals surface area (Å²) in [7, 11) is 0. The third-order valence-electron chi connectivity index (χ3n) is 4.01. The summed E-state index contributed by atoms with van der Waals surface area (Å²) in [6.07, 6.45) is -1.13. The predicted octanol–water partition coefficient (Wildman–Crippen LogP) is 1.38. The van der Waals surface area contributed by atoms with E-state index in [1.807, 2.05) is 27.7 Å². The van der Waals surface area contributed by atoms with E-state index in [0.29, 0.717) is 0 Å². The molecule has 0 aromatic heterocycles. The summed E-state index contributed by atoms with van der Waals surface area (Å²) < 4.78 is 0. The number of aliphatic hydroxyl groups is 2. The number of aliphatic carboxylic acids is 1. The van der Waals surface area contributed by atoms with E-state index in [2.05, 4.69) is 11.4 Å². The maximum Gasteiger partial charge on any atom is 0.305 e. The third kappa shape index (κ3) is 4.27. The maximum atomic E-state index is 11.0. The molecule has 0 bridgehead atoms. The van der Waals surface area contributed by atoms with Gasteiger partial charge in [-0.1, -0.05) is 6.07 Å². The molecule has 0 aliphatic heterocycles. The van der Waals surface area contributed by atoms with Crippen LogP contribution in [0.25, 0.3) is 0 Å². The van der Waals surface area contributed by atoms with Gasteiger partial charge in [0.25, 0.3) is 0 Å². The highest BCUT2D eigenvalue weighted by Gasteiger charge is 2.26. The van der Waals surface area contributed by atoms with Crippen LogP contribution in [-0.2, 0) is 4.79 Å². The smallest absolute Gasteiger partial charge is 0.305 e. The van der Waals surface area contributed by atoms with Gasteiger partial charge in [0.05, 0.1) is 19.1 Å². The number of carboxylic acids is 1. The monoisotopic (exact) mass is 295 g/mol. The molecule has 0 spiro atoms. The second kappa shape index (κ2) is 7.54. The van der Waals surface area contributed by atoms with Crippen LogP contribution in [0.4, 0.5) is 0 Å². The zero-order valence-electron chi connectivity index (χ0n) is 13.1. The Hall–Kier alpha value is -1.43. The minimum Gasteiger partial charge on any atom is -0.481 e. The first-order chi connectivity index (χ1) is 9.79. The van der Waals surface area contributed by atoms with Crippen molar-refractivity contribution in [3.05, 3.63) is 33.9 Å². The van der Waals surface area contributed by atoms with Crippen molar-refractivity contribution in [2.24, 2.45) is 0 Å². The summed E-state index contributed by atoms with van der Waals surface area (Å²) in [5.74, 6) is -0.982. The Morgan fingerprint density at radius 2 is 1.71 bits per heavy atom. The van der Waals surface area contributed by atoms with Gasteiger partial charge in [0.1, 0.15) is 0 Å². The van der Waals surface area contributed by atoms with Crippen LogP contribution in [0, 0.1) is 27.7 Å². The van der Waals surface area contributed by atoms with Gasteiger partial charge >= 0.3 is 5.97 Å². The van der Waals surface area contributed by atoms with E-state index < -0.39 is 18.1 Å². The largest absolute Gasteiger partial charge is 0.481 e. The van der Waals surface area contributed by atoms with Gasteiger partial charge in [-0.25, -0.2) is 0 Å². The van der Waals surface area contributed by atoms with Gasteiger partial charge in [-0.05, 0) is 55.5 Å². The molecule has 1 rings (SSSR count). The Morgan fingerprint density at radius 3 is 2.14 bits per heavy atom. The Balaban J connectivity index is 3.19. The predicted molar refractivity (Wildman–Crippen MR) is 81.5 cm³/mol.